The highest BCUT2D eigenvalue weighted by molar-refractivity contribution is 5.04. The molecule has 98 valence electrons. The first-order valence-electron chi connectivity index (χ1n) is 6.97. The molecule has 1 heterocycles. The highest BCUT2D eigenvalue weighted by atomic mass is 15.3. The van der Waals surface area contributed by atoms with Crippen molar-refractivity contribution in [3.8, 4) is 11.8 Å². The summed E-state index contributed by atoms with van der Waals surface area (Å²) in [5, 5.41) is 3.78. The molecule has 0 aromatic carbocycles. The van der Waals surface area contributed by atoms with Gasteiger partial charge in [0, 0.05) is 24.7 Å². The maximum atomic E-state index is 3.78. The number of hydrogen-bond acceptors (Lipinski definition) is 2. The molecule has 0 aromatic heterocycles. The van der Waals surface area contributed by atoms with Crippen LogP contribution in [0.4, 0.5) is 0 Å². The lowest BCUT2D eigenvalue weighted by Gasteiger charge is -2.48. The van der Waals surface area contributed by atoms with E-state index in [-0.39, 0.29) is 0 Å². The Hall–Kier alpha value is -0.520. The van der Waals surface area contributed by atoms with E-state index in [0.717, 1.165) is 19.6 Å². The number of hydrogen-bond donors (Lipinski definition) is 1. The Morgan fingerprint density at radius 2 is 2.00 bits per heavy atom. The lowest BCUT2D eigenvalue weighted by Crippen LogP contribution is -2.64. The molecule has 1 rings (SSSR count). The highest BCUT2D eigenvalue weighted by Gasteiger charge is 2.37. The molecule has 0 spiro atoms. The molecule has 1 fully saturated rings. The minimum Gasteiger partial charge on any atom is -0.308 e. The first-order chi connectivity index (χ1) is 8.08. The van der Waals surface area contributed by atoms with Gasteiger partial charge in [0.25, 0.3) is 0 Å². The molecular weight excluding hydrogens is 208 g/mol. The molecular formula is C15H28N2. The van der Waals surface area contributed by atoms with E-state index >= 15 is 0 Å². The summed E-state index contributed by atoms with van der Waals surface area (Å²) in [6.45, 7) is 14.3. The molecule has 1 N–H and O–H groups in total. The molecule has 0 saturated carbocycles. The van der Waals surface area contributed by atoms with Crippen LogP contribution in [0.15, 0.2) is 0 Å². The molecule has 17 heavy (non-hydrogen) atoms. The summed E-state index contributed by atoms with van der Waals surface area (Å²) >= 11 is 0. The Kier molecular flexibility index (Phi) is 5.49. The van der Waals surface area contributed by atoms with Gasteiger partial charge in [-0.15, -0.1) is 5.92 Å². The Balaban J connectivity index is 2.77. The van der Waals surface area contributed by atoms with Crippen molar-refractivity contribution in [2.24, 2.45) is 5.92 Å². The molecule has 0 amide bonds. The molecule has 1 aliphatic rings. The van der Waals surface area contributed by atoms with Gasteiger partial charge in [0.2, 0.25) is 0 Å². The van der Waals surface area contributed by atoms with Crippen LogP contribution in [0.1, 0.15) is 47.5 Å². The normalized spacial score (nSPS) is 24.5. The van der Waals surface area contributed by atoms with E-state index in [2.05, 4.69) is 49.8 Å². The summed E-state index contributed by atoms with van der Waals surface area (Å²) < 4.78 is 0. The van der Waals surface area contributed by atoms with Crippen LogP contribution in [0, 0.1) is 17.8 Å². The van der Waals surface area contributed by atoms with E-state index < -0.39 is 0 Å². The van der Waals surface area contributed by atoms with Gasteiger partial charge in [-0.1, -0.05) is 33.6 Å². The van der Waals surface area contributed by atoms with Crippen molar-refractivity contribution in [3.05, 3.63) is 0 Å². The third kappa shape index (κ3) is 3.47. The van der Waals surface area contributed by atoms with Gasteiger partial charge in [-0.3, -0.25) is 4.90 Å². The zero-order valence-corrected chi connectivity index (χ0v) is 12.1. The number of nitrogens with one attached hydrogen (secondary N) is 1. The largest absolute Gasteiger partial charge is 0.308 e. The van der Waals surface area contributed by atoms with E-state index in [1.807, 2.05) is 6.92 Å². The van der Waals surface area contributed by atoms with E-state index in [9.17, 15) is 0 Å². The summed E-state index contributed by atoms with van der Waals surface area (Å²) in [5.74, 6) is 6.95. The predicted octanol–water partition coefficient (Wildman–Crippen LogP) is 2.50. The van der Waals surface area contributed by atoms with Crippen LogP contribution in [0.3, 0.4) is 0 Å². The third-order valence-corrected chi connectivity index (χ3v) is 4.24. The fourth-order valence-corrected chi connectivity index (χ4v) is 2.75. The van der Waals surface area contributed by atoms with Gasteiger partial charge in [-0.05, 0) is 25.7 Å². The summed E-state index contributed by atoms with van der Waals surface area (Å²) in [7, 11) is 0. The van der Waals surface area contributed by atoms with E-state index in [4.69, 9.17) is 0 Å². The summed E-state index contributed by atoms with van der Waals surface area (Å²) in [6, 6.07) is 0.627. The fraction of sp³-hybridized carbons (Fsp3) is 0.867. The molecule has 1 saturated heterocycles. The van der Waals surface area contributed by atoms with Crippen LogP contribution in [0.2, 0.25) is 0 Å². The average molecular weight is 236 g/mol. The van der Waals surface area contributed by atoms with Crippen LogP contribution in [-0.4, -0.2) is 36.1 Å². The quantitative estimate of drug-likeness (QED) is 0.755. The molecule has 1 unspecified atom stereocenters. The molecule has 1 atom stereocenters. The van der Waals surface area contributed by atoms with E-state index in [0.29, 0.717) is 17.5 Å². The standard InChI is InChI=1S/C15H28N2/c1-6-9-10-17-12-15(7-2,8-3)16-11-14(17)13(4)5/h13-14,16H,7-8,10-12H2,1-5H3. The zero-order valence-electron chi connectivity index (χ0n) is 12.1. The van der Waals surface area contributed by atoms with Crippen molar-refractivity contribution in [2.75, 3.05) is 19.6 Å². The Bertz CT molecular complexity index is 281. The number of rotatable bonds is 4. The van der Waals surface area contributed by atoms with Gasteiger partial charge in [-0.25, -0.2) is 0 Å². The third-order valence-electron chi connectivity index (χ3n) is 4.24. The van der Waals surface area contributed by atoms with Gasteiger partial charge in [0.15, 0.2) is 0 Å². The second-order valence-corrected chi connectivity index (χ2v) is 5.51. The fourth-order valence-electron chi connectivity index (χ4n) is 2.75. The minimum absolute atomic E-state index is 0.306. The number of nitrogens with zero attached hydrogens (tertiary/aromatic N) is 1. The zero-order chi connectivity index (χ0) is 12.9. The van der Waals surface area contributed by atoms with Gasteiger partial charge in [0.05, 0.1) is 6.54 Å². The van der Waals surface area contributed by atoms with Crippen molar-refractivity contribution in [2.45, 2.75) is 59.0 Å². The van der Waals surface area contributed by atoms with Crippen molar-refractivity contribution in [1.82, 2.24) is 10.2 Å². The second kappa shape index (κ2) is 6.42. The molecule has 0 bridgehead atoms. The monoisotopic (exact) mass is 236 g/mol. The molecule has 2 nitrogen and oxygen atoms in total. The first kappa shape index (κ1) is 14.5. The van der Waals surface area contributed by atoms with Crippen molar-refractivity contribution < 1.29 is 0 Å². The van der Waals surface area contributed by atoms with Crippen LogP contribution in [0.5, 0.6) is 0 Å². The molecule has 0 radical (unpaired) electrons. The average Bonchev–Trinajstić information content (AvgIpc) is 2.35. The maximum Gasteiger partial charge on any atom is 0.0605 e. The maximum absolute atomic E-state index is 3.78. The lowest BCUT2D eigenvalue weighted by molar-refractivity contribution is 0.0618. The Morgan fingerprint density at radius 1 is 1.35 bits per heavy atom. The molecule has 0 aliphatic carbocycles. The molecule has 0 aromatic rings. The Labute approximate surface area is 107 Å². The van der Waals surface area contributed by atoms with Gasteiger partial charge >= 0.3 is 0 Å². The highest BCUT2D eigenvalue weighted by Crippen LogP contribution is 2.25. The van der Waals surface area contributed by atoms with E-state index in [1.54, 1.807) is 0 Å². The van der Waals surface area contributed by atoms with Crippen LogP contribution >= 0.6 is 0 Å². The predicted molar refractivity (Wildman–Crippen MR) is 75.0 cm³/mol. The Morgan fingerprint density at radius 3 is 2.47 bits per heavy atom. The summed E-state index contributed by atoms with van der Waals surface area (Å²) in [5.41, 5.74) is 0.306. The number of piperazine rings is 1. The first-order valence-corrected chi connectivity index (χ1v) is 6.97. The van der Waals surface area contributed by atoms with Crippen molar-refractivity contribution >= 4 is 0 Å². The van der Waals surface area contributed by atoms with Gasteiger partial charge in [-0.2, -0.15) is 0 Å². The topological polar surface area (TPSA) is 15.3 Å². The summed E-state index contributed by atoms with van der Waals surface area (Å²) in [4.78, 5) is 2.57. The molecule has 2 heteroatoms. The van der Waals surface area contributed by atoms with Crippen LogP contribution in [0.25, 0.3) is 0 Å². The van der Waals surface area contributed by atoms with Crippen LogP contribution < -0.4 is 5.32 Å². The lowest BCUT2D eigenvalue weighted by atomic mass is 9.86. The van der Waals surface area contributed by atoms with Gasteiger partial charge in [0.1, 0.15) is 0 Å². The van der Waals surface area contributed by atoms with E-state index in [1.165, 1.54) is 12.8 Å². The summed E-state index contributed by atoms with van der Waals surface area (Å²) in [6.07, 6.45) is 2.40. The smallest absolute Gasteiger partial charge is 0.0605 e. The molecule has 1 aliphatic heterocycles. The second-order valence-electron chi connectivity index (χ2n) is 5.51. The minimum atomic E-state index is 0.306. The van der Waals surface area contributed by atoms with Gasteiger partial charge < -0.3 is 5.32 Å². The van der Waals surface area contributed by atoms with Crippen molar-refractivity contribution in [1.29, 1.82) is 0 Å². The van der Waals surface area contributed by atoms with Crippen LogP contribution in [-0.2, 0) is 0 Å². The van der Waals surface area contributed by atoms with Crippen molar-refractivity contribution in [3.63, 3.8) is 0 Å². The SMILES string of the molecule is CC#CCN1CC(CC)(CC)NCC1C(C)C.